The Bertz CT molecular complexity index is 547. The average molecular weight is 303 g/mol. The Balaban J connectivity index is 2.08. The molecule has 0 amide bonds. The summed E-state index contributed by atoms with van der Waals surface area (Å²) in [4.78, 5) is 0. The lowest BCUT2D eigenvalue weighted by molar-refractivity contribution is -0.0453. The van der Waals surface area contributed by atoms with Crippen molar-refractivity contribution in [2.24, 2.45) is 0 Å². The van der Waals surface area contributed by atoms with Crippen LogP contribution in [0.15, 0.2) is 10.6 Å². The van der Waals surface area contributed by atoms with Gasteiger partial charge in [0, 0.05) is 26.2 Å². The third-order valence-corrected chi connectivity index (χ3v) is 5.04. The highest BCUT2D eigenvalue weighted by molar-refractivity contribution is 7.86. The van der Waals surface area contributed by atoms with Gasteiger partial charge in [-0.25, -0.2) is 0 Å². The van der Waals surface area contributed by atoms with Crippen molar-refractivity contribution in [3.63, 3.8) is 0 Å². The molecular weight excluding hydrogens is 282 g/mol. The lowest BCUT2D eigenvalue weighted by atomic mass is 10.3. The summed E-state index contributed by atoms with van der Waals surface area (Å²) in [5, 5.41) is 3.82. The van der Waals surface area contributed by atoms with Crippen LogP contribution in [0.25, 0.3) is 0 Å². The van der Waals surface area contributed by atoms with E-state index in [0.29, 0.717) is 24.5 Å². The number of rotatable bonds is 4. The molecule has 20 heavy (non-hydrogen) atoms. The molecule has 7 nitrogen and oxygen atoms in total. The minimum atomic E-state index is -3.51. The van der Waals surface area contributed by atoms with E-state index in [1.54, 1.807) is 20.0 Å². The molecule has 0 bridgehead atoms. The first-order valence-electron chi connectivity index (χ1n) is 6.58. The Morgan fingerprint density at radius 2 is 2.00 bits per heavy atom. The van der Waals surface area contributed by atoms with Gasteiger partial charge in [-0.3, -0.25) is 0 Å². The zero-order chi connectivity index (χ0) is 14.9. The summed E-state index contributed by atoms with van der Waals surface area (Å²) >= 11 is 0. The van der Waals surface area contributed by atoms with Gasteiger partial charge in [-0.15, -0.1) is 0 Å². The van der Waals surface area contributed by atoms with Crippen LogP contribution in [0.3, 0.4) is 0 Å². The average Bonchev–Trinajstić information content (AvgIpc) is 2.73. The van der Waals surface area contributed by atoms with Crippen LogP contribution in [0.5, 0.6) is 0 Å². The third-order valence-electron chi connectivity index (χ3n) is 3.17. The molecule has 0 aromatic carbocycles. The number of hydrogen-bond donors (Lipinski definition) is 0. The van der Waals surface area contributed by atoms with Gasteiger partial charge in [0.2, 0.25) is 0 Å². The predicted octanol–water partition coefficient (Wildman–Crippen LogP) is 0.769. The van der Waals surface area contributed by atoms with Gasteiger partial charge in [-0.2, -0.15) is 17.0 Å². The molecule has 1 saturated heterocycles. The number of aryl methyl sites for hydroxylation is 1. The van der Waals surface area contributed by atoms with Crippen molar-refractivity contribution in [2.75, 3.05) is 20.1 Å². The Morgan fingerprint density at radius 3 is 2.50 bits per heavy atom. The fourth-order valence-corrected chi connectivity index (χ4v) is 3.80. The molecule has 2 rings (SSSR count). The van der Waals surface area contributed by atoms with E-state index < -0.39 is 10.2 Å². The highest BCUT2D eigenvalue weighted by Gasteiger charge is 2.33. The molecule has 0 aliphatic carbocycles. The quantitative estimate of drug-likeness (QED) is 0.821. The second kappa shape index (κ2) is 5.80. The summed E-state index contributed by atoms with van der Waals surface area (Å²) in [5.74, 6) is 0.666. The summed E-state index contributed by atoms with van der Waals surface area (Å²) in [6, 6.07) is 1.73. The van der Waals surface area contributed by atoms with Crippen molar-refractivity contribution in [1.82, 2.24) is 13.8 Å². The van der Waals surface area contributed by atoms with Gasteiger partial charge in [0.1, 0.15) is 5.76 Å². The highest BCUT2D eigenvalue weighted by atomic mass is 32.2. The molecule has 2 atom stereocenters. The van der Waals surface area contributed by atoms with Crippen LogP contribution in [0.1, 0.15) is 25.3 Å². The van der Waals surface area contributed by atoms with Gasteiger partial charge < -0.3 is 9.26 Å². The van der Waals surface area contributed by atoms with Gasteiger partial charge in [0.15, 0.2) is 0 Å². The molecule has 0 unspecified atom stereocenters. The number of aromatic nitrogens is 1. The summed E-state index contributed by atoms with van der Waals surface area (Å²) in [6.45, 7) is 6.46. The lowest BCUT2D eigenvalue weighted by Crippen LogP contribution is -2.52. The Hall–Kier alpha value is -0.960. The predicted molar refractivity (Wildman–Crippen MR) is 73.2 cm³/mol. The fourth-order valence-electron chi connectivity index (χ4n) is 2.32. The Labute approximate surface area is 119 Å². The molecule has 0 spiro atoms. The van der Waals surface area contributed by atoms with Crippen LogP contribution in [-0.2, 0) is 21.5 Å². The van der Waals surface area contributed by atoms with Crippen molar-refractivity contribution in [1.29, 1.82) is 0 Å². The number of morpholine rings is 1. The first-order chi connectivity index (χ1) is 9.29. The van der Waals surface area contributed by atoms with Crippen molar-refractivity contribution < 1.29 is 17.7 Å². The van der Waals surface area contributed by atoms with Gasteiger partial charge in [0.05, 0.1) is 24.4 Å². The molecule has 1 aliphatic rings. The second-order valence-corrected chi connectivity index (χ2v) is 7.30. The maximum absolute atomic E-state index is 12.5. The molecule has 8 heteroatoms. The largest absolute Gasteiger partial charge is 0.373 e. The molecule has 0 N–H and O–H groups in total. The van der Waals surface area contributed by atoms with Crippen LogP contribution in [0.2, 0.25) is 0 Å². The summed E-state index contributed by atoms with van der Waals surface area (Å²) < 4.78 is 38.3. The summed E-state index contributed by atoms with van der Waals surface area (Å²) in [5.41, 5.74) is 0.600. The zero-order valence-electron chi connectivity index (χ0n) is 12.2. The van der Waals surface area contributed by atoms with Crippen molar-refractivity contribution in [3.8, 4) is 0 Å². The van der Waals surface area contributed by atoms with Gasteiger partial charge in [0.25, 0.3) is 10.2 Å². The van der Waals surface area contributed by atoms with Crippen LogP contribution < -0.4 is 0 Å². The zero-order valence-corrected chi connectivity index (χ0v) is 13.1. The first-order valence-corrected chi connectivity index (χ1v) is 7.98. The fraction of sp³-hybridized carbons (Fsp3) is 0.750. The molecule has 1 aromatic rings. The van der Waals surface area contributed by atoms with E-state index in [1.165, 1.54) is 8.61 Å². The van der Waals surface area contributed by atoms with E-state index in [-0.39, 0.29) is 18.8 Å². The van der Waals surface area contributed by atoms with Crippen LogP contribution in [0.4, 0.5) is 0 Å². The molecule has 0 saturated carbocycles. The first kappa shape index (κ1) is 15.4. The van der Waals surface area contributed by atoms with Crippen LogP contribution >= 0.6 is 0 Å². The van der Waals surface area contributed by atoms with Gasteiger partial charge in [-0.05, 0) is 20.8 Å². The van der Waals surface area contributed by atoms with Crippen molar-refractivity contribution in [3.05, 3.63) is 17.5 Å². The van der Waals surface area contributed by atoms with Gasteiger partial charge >= 0.3 is 0 Å². The standard InChI is InChI=1S/C12H21N3O4S/c1-9-5-12(13-19-9)8-14(4)20(16,17)15-6-10(2)18-11(3)7-15/h5,10-11H,6-8H2,1-4H3/t10-,11+. The monoisotopic (exact) mass is 303 g/mol. The van der Waals surface area contributed by atoms with Crippen LogP contribution in [0, 0.1) is 6.92 Å². The molecule has 1 fully saturated rings. The number of ether oxygens (including phenoxy) is 1. The Morgan fingerprint density at radius 1 is 1.40 bits per heavy atom. The van der Waals surface area contributed by atoms with E-state index >= 15 is 0 Å². The Kier molecular flexibility index (Phi) is 4.48. The summed E-state index contributed by atoms with van der Waals surface area (Å²) in [7, 11) is -1.97. The molecule has 1 aromatic heterocycles. The molecule has 0 radical (unpaired) electrons. The molecule has 1 aliphatic heterocycles. The highest BCUT2D eigenvalue weighted by Crippen LogP contribution is 2.18. The molecule has 2 heterocycles. The number of hydrogen-bond acceptors (Lipinski definition) is 5. The summed E-state index contributed by atoms with van der Waals surface area (Å²) in [6.07, 6.45) is -0.201. The van der Waals surface area contributed by atoms with E-state index in [9.17, 15) is 8.42 Å². The SMILES string of the molecule is Cc1cc(CN(C)S(=O)(=O)N2C[C@@H](C)O[C@@H](C)C2)no1. The maximum Gasteiger partial charge on any atom is 0.282 e. The minimum absolute atomic E-state index is 0.101. The van der Waals surface area contributed by atoms with Crippen molar-refractivity contribution >= 4 is 10.2 Å². The maximum atomic E-state index is 12.5. The minimum Gasteiger partial charge on any atom is -0.373 e. The lowest BCUT2D eigenvalue weighted by Gasteiger charge is -2.36. The topological polar surface area (TPSA) is 75.9 Å². The van der Waals surface area contributed by atoms with E-state index in [0.717, 1.165) is 0 Å². The molecular formula is C12H21N3O4S. The second-order valence-electron chi connectivity index (χ2n) is 5.27. The smallest absolute Gasteiger partial charge is 0.282 e. The van der Waals surface area contributed by atoms with Gasteiger partial charge in [-0.1, -0.05) is 5.16 Å². The third kappa shape index (κ3) is 3.38. The van der Waals surface area contributed by atoms with E-state index in [1.807, 2.05) is 13.8 Å². The van der Waals surface area contributed by atoms with E-state index in [4.69, 9.17) is 9.26 Å². The number of nitrogens with zero attached hydrogens (tertiary/aromatic N) is 3. The molecule has 114 valence electrons. The van der Waals surface area contributed by atoms with Crippen LogP contribution in [-0.4, -0.2) is 54.5 Å². The van der Waals surface area contributed by atoms with E-state index in [2.05, 4.69) is 5.16 Å². The normalized spacial score (nSPS) is 25.2. The van der Waals surface area contributed by atoms with Crippen molar-refractivity contribution in [2.45, 2.75) is 39.5 Å².